The van der Waals surface area contributed by atoms with Gasteiger partial charge in [0.25, 0.3) is 0 Å². The van der Waals surface area contributed by atoms with Crippen LogP contribution in [-0.4, -0.2) is 19.0 Å². The number of furan rings is 1. The predicted molar refractivity (Wildman–Crippen MR) is 74.4 cm³/mol. The van der Waals surface area contributed by atoms with E-state index in [-0.39, 0.29) is 11.9 Å². The summed E-state index contributed by atoms with van der Waals surface area (Å²) in [7, 11) is 1.72. The number of hydrogen-bond donors (Lipinski definition) is 0. The average Bonchev–Trinajstić information content (AvgIpc) is 2.68. The van der Waals surface area contributed by atoms with Crippen molar-refractivity contribution in [3.05, 3.63) is 34.8 Å². The first-order valence-corrected chi connectivity index (χ1v) is 6.81. The van der Waals surface area contributed by atoms with Crippen molar-refractivity contribution < 1.29 is 13.9 Å². The molecule has 1 aliphatic carbocycles. The maximum atomic E-state index is 12.4. The normalized spacial score (nSPS) is 24.8. The fourth-order valence-electron chi connectivity index (χ4n) is 2.76. The van der Waals surface area contributed by atoms with Gasteiger partial charge in [-0.2, -0.15) is 0 Å². The molecule has 0 bridgehead atoms. The van der Waals surface area contributed by atoms with Crippen LogP contribution in [0.1, 0.15) is 48.4 Å². The number of aryl methyl sites for hydroxylation is 1. The maximum Gasteiger partial charge on any atom is 0.166 e. The van der Waals surface area contributed by atoms with Crippen molar-refractivity contribution in [3.8, 4) is 0 Å². The Morgan fingerprint density at radius 3 is 2.79 bits per heavy atom. The monoisotopic (exact) mass is 262 g/mol. The Morgan fingerprint density at radius 1 is 1.37 bits per heavy atom. The predicted octanol–water partition coefficient (Wildman–Crippen LogP) is 3.70. The summed E-state index contributed by atoms with van der Waals surface area (Å²) in [6.45, 7) is 6.10. The first-order chi connectivity index (χ1) is 9.01. The Kier molecular flexibility index (Phi) is 4.25. The Bertz CT molecular complexity index is 496. The van der Waals surface area contributed by atoms with Crippen LogP contribution in [0.5, 0.6) is 0 Å². The number of carbonyl (C=O) groups is 1. The number of rotatable bonds is 1. The lowest BCUT2D eigenvalue weighted by Crippen LogP contribution is -2.18. The molecule has 0 radical (unpaired) electrons. The lowest BCUT2D eigenvalue weighted by atomic mass is 9.90. The third-order valence-electron chi connectivity index (χ3n) is 3.71. The van der Waals surface area contributed by atoms with Gasteiger partial charge in [-0.15, -0.1) is 0 Å². The minimum Gasteiger partial charge on any atom is -0.468 e. The van der Waals surface area contributed by atoms with Gasteiger partial charge in [0.1, 0.15) is 5.76 Å². The lowest BCUT2D eigenvalue weighted by Gasteiger charge is -2.19. The summed E-state index contributed by atoms with van der Waals surface area (Å²) in [6, 6.07) is 0. The quantitative estimate of drug-likeness (QED) is 0.724. The van der Waals surface area contributed by atoms with Gasteiger partial charge in [-0.1, -0.05) is 18.6 Å². The molecule has 1 aliphatic rings. The highest BCUT2D eigenvalue weighted by Crippen LogP contribution is 2.26. The van der Waals surface area contributed by atoms with Crippen molar-refractivity contribution >= 4 is 5.78 Å². The van der Waals surface area contributed by atoms with Crippen LogP contribution < -0.4 is 0 Å². The molecule has 0 saturated heterocycles. The van der Waals surface area contributed by atoms with E-state index in [0.717, 1.165) is 23.3 Å². The molecule has 0 fully saturated rings. The molecule has 3 nitrogen and oxygen atoms in total. The molecule has 2 atom stereocenters. The molecule has 0 aliphatic heterocycles. The lowest BCUT2D eigenvalue weighted by molar-refractivity contribution is 0.0913. The number of Topliss-reactive ketones (excluding diaryl/α,β-unsaturated/α-hetero) is 1. The number of hydrogen-bond acceptors (Lipinski definition) is 3. The van der Waals surface area contributed by atoms with Crippen LogP contribution >= 0.6 is 0 Å². The van der Waals surface area contributed by atoms with E-state index in [2.05, 4.69) is 19.9 Å². The van der Waals surface area contributed by atoms with Crippen LogP contribution in [0.25, 0.3) is 0 Å². The average molecular weight is 262 g/mol. The number of methoxy groups -OCH3 is 1. The smallest absolute Gasteiger partial charge is 0.166 e. The summed E-state index contributed by atoms with van der Waals surface area (Å²) < 4.78 is 11.0. The summed E-state index contributed by atoms with van der Waals surface area (Å²) in [4.78, 5) is 12.4. The Labute approximate surface area is 114 Å². The number of fused-ring (bicyclic) bond motifs is 1. The second kappa shape index (κ2) is 5.74. The first kappa shape index (κ1) is 14.1. The van der Waals surface area contributed by atoms with Crippen molar-refractivity contribution in [2.75, 3.05) is 7.11 Å². The largest absolute Gasteiger partial charge is 0.468 e. The van der Waals surface area contributed by atoms with Crippen LogP contribution in [0.4, 0.5) is 0 Å². The van der Waals surface area contributed by atoms with Gasteiger partial charge in [0.05, 0.1) is 17.9 Å². The number of ether oxygens (including phenoxy) is 1. The Balaban J connectivity index is 2.40. The third kappa shape index (κ3) is 3.16. The molecular formula is C16H22O3. The minimum atomic E-state index is 0.0837. The molecule has 1 aromatic rings. The molecule has 0 saturated carbocycles. The van der Waals surface area contributed by atoms with E-state index in [1.165, 1.54) is 5.57 Å². The molecule has 2 rings (SSSR count). The maximum absolute atomic E-state index is 12.4. The molecule has 0 aromatic carbocycles. The standard InChI is InChI=1S/C16H22O3/c1-10-5-13(18-4)6-11(2)8-15-16(14(17)7-10)12(3)9-19-15/h6,9-10,13H,5,7-8H2,1-4H3/t10-,13-/m1/s1. The van der Waals surface area contributed by atoms with Crippen molar-refractivity contribution in [3.63, 3.8) is 0 Å². The van der Waals surface area contributed by atoms with Gasteiger partial charge in [0.2, 0.25) is 0 Å². The van der Waals surface area contributed by atoms with Gasteiger partial charge in [0.15, 0.2) is 5.78 Å². The fourth-order valence-corrected chi connectivity index (χ4v) is 2.76. The van der Waals surface area contributed by atoms with Gasteiger partial charge in [-0.25, -0.2) is 0 Å². The van der Waals surface area contributed by atoms with Crippen molar-refractivity contribution in [1.82, 2.24) is 0 Å². The minimum absolute atomic E-state index is 0.0837. The van der Waals surface area contributed by atoms with Crippen LogP contribution in [0.15, 0.2) is 22.3 Å². The highest BCUT2D eigenvalue weighted by Gasteiger charge is 2.23. The van der Waals surface area contributed by atoms with Crippen LogP contribution in [-0.2, 0) is 11.2 Å². The molecule has 0 amide bonds. The van der Waals surface area contributed by atoms with E-state index < -0.39 is 0 Å². The number of ketones is 1. The Hall–Kier alpha value is -1.35. The molecule has 0 unspecified atom stereocenters. The molecular weight excluding hydrogens is 240 g/mol. The molecule has 19 heavy (non-hydrogen) atoms. The van der Waals surface area contributed by atoms with Gasteiger partial charge >= 0.3 is 0 Å². The summed E-state index contributed by atoms with van der Waals surface area (Å²) in [5, 5.41) is 0. The van der Waals surface area contributed by atoms with Crippen LogP contribution in [0.2, 0.25) is 0 Å². The first-order valence-electron chi connectivity index (χ1n) is 6.81. The fraction of sp³-hybridized carbons (Fsp3) is 0.562. The third-order valence-corrected chi connectivity index (χ3v) is 3.71. The molecule has 0 N–H and O–H groups in total. The Morgan fingerprint density at radius 2 is 2.11 bits per heavy atom. The van der Waals surface area contributed by atoms with E-state index in [9.17, 15) is 4.79 Å². The van der Waals surface area contributed by atoms with Crippen LogP contribution in [0.3, 0.4) is 0 Å². The van der Waals surface area contributed by atoms with Gasteiger partial charge in [-0.3, -0.25) is 4.79 Å². The zero-order valence-corrected chi connectivity index (χ0v) is 12.2. The zero-order chi connectivity index (χ0) is 14.0. The molecule has 104 valence electrons. The highest BCUT2D eigenvalue weighted by atomic mass is 16.5. The SMILES string of the molecule is CO[C@H]1C=C(C)Cc2occ(C)c2C(=O)C[C@H](C)C1. The van der Waals surface area contributed by atoms with Crippen molar-refractivity contribution in [1.29, 1.82) is 0 Å². The number of allylic oxidation sites excluding steroid dienone is 1. The van der Waals surface area contributed by atoms with E-state index in [1.54, 1.807) is 13.4 Å². The molecule has 0 spiro atoms. The summed E-state index contributed by atoms with van der Waals surface area (Å²) in [5.74, 6) is 1.29. The topological polar surface area (TPSA) is 39.4 Å². The van der Waals surface area contributed by atoms with Gasteiger partial charge in [0, 0.05) is 20.0 Å². The number of carbonyl (C=O) groups excluding carboxylic acids is 1. The van der Waals surface area contributed by atoms with E-state index in [0.29, 0.717) is 18.8 Å². The van der Waals surface area contributed by atoms with E-state index in [4.69, 9.17) is 9.15 Å². The molecule has 1 aromatic heterocycles. The van der Waals surface area contributed by atoms with E-state index in [1.807, 2.05) is 6.92 Å². The van der Waals surface area contributed by atoms with Crippen molar-refractivity contribution in [2.45, 2.75) is 46.1 Å². The second-order valence-corrected chi connectivity index (χ2v) is 5.65. The summed E-state index contributed by atoms with van der Waals surface area (Å²) >= 11 is 0. The zero-order valence-electron chi connectivity index (χ0n) is 12.2. The second-order valence-electron chi connectivity index (χ2n) is 5.65. The van der Waals surface area contributed by atoms with Crippen molar-refractivity contribution in [2.24, 2.45) is 5.92 Å². The highest BCUT2D eigenvalue weighted by molar-refractivity contribution is 5.98. The summed E-state index contributed by atoms with van der Waals surface area (Å²) in [6.07, 6.45) is 6.04. The van der Waals surface area contributed by atoms with Gasteiger partial charge in [-0.05, 0) is 31.7 Å². The van der Waals surface area contributed by atoms with E-state index >= 15 is 0 Å². The molecule has 3 heteroatoms. The summed E-state index contributed by atoms with van der Waals surface area (Å²) in [5.41, 5.74) is 2.92. The van der Waals surface area contributed by atoms with Gasteiger partial charge < -0.3 is 9.15 Å². The molecule has 1 heterocycles. The van der Waals surface area contributed by atoms with Crippen LogP contribution in [0, 0.1) is 12.8 Å².